The van der Waals surface area contributed by atoms with Crippen LogP contribution < -0.4 is 11.1 Å². The Hall–Kier alpha value is -1.90. The molecule has 0 saturated carbocycles. The second-order valence-corrected chi connectivity index (χ2v) is 6.81. The van der Waals surface area contributed by atoms with E-state index in [0.717, 1.165) is 4.90 Å². The number of rotatable bonds is 5. The molecule has 24 heavy (non-hydrogen) atoms. The number of nitrogens with one attached hydrogen (secondary N) is 1. The van der Waals surface area contributed by atoms with Crippen molar-refractivity contribution in [3.8, 4) is 0 Å². The Labute approximate surface area is 140 Å². The van der Waals surface area contributed by atoms with Crippen LogP contribution in [-0.4, -0.2) is 66.4 Å². The predicted octanol–water partition coefficient (Wildman–Crippen LogP) is 0.339. The molecule has 0 radical (unpaired) electrons. The third-order valence-electron chi connectivity index (χ3n) is 3.64. The fourth-order valence-electron chi connectivity index (χ4n) is 2.43. The summed E-state index contributed by atoms with van der Waals surface area (Å²) in [5.41, 5.74) is 4.49. The third-order valence-corrected chi connectivity index (χ3v) is 3.64. The molecule has 1 heterocycles. The largest absolute Gasteiger partial charge is 0.444 e. The van der Waals surface area contributed by atoms with E-state index >= 15 is 0 Å². The first-order chi connectivity index (χ1) is 11.0. The second-order valence-electron chi connectivity index (χ2n) is 6.81. The molecule has 9 heteroatoms. The number of ether oxygens (including phenoxy) is 2. The van der Waals surface area contributed by atoms with E-state index in [2.05, 4.69) is 5.32 Å². The standard InChI is InChI=1S/C15H26FN3O5/c1-8(23-5)11(18-14(22)24-15(2,3)4)13(21)19-7-9(16)6-10(19)12(17)20/h8-11H,6-7H2,1-5H3,(H2,17,20)(H,18,22)/t8-,9+,10+,11+/m1/s1. The van der Waals surface area contributed by atoms with Gasteiger partial charge in [0, 0.05) is 13.5 Å². The van der Waals surface area contributed by atoms with Gasteiger partial charge in [0.1, 0.15) is 23.9 Å². The van der Waals surface area contributed by atoms with Gasteiger partial charge in [-0.15, -0.1) is 0 Å². The van der Waals surface area contributed by atoms with Crippen LogP contribution in [0.5, 0.6) is 0 Å². The monoisotopic (exact) mass is 347 g/mol. The molecule has 1 saturated heterocycles. The number of amides is 3. The van der Waals surface area contributed by atoms with Gasteiger partial charge in [0.2, 0.25) is 11.8 Å². The number of hydrogen-bond acceptors (Lipinski definition) is 5. The molecule has 3 N–H and O–H groups in total. The highest BCUT2D eigenvalue weighted by Gasteiger charge is 2.43. The molecule has 8 nitrogen and oxygen atoms in total. The lowest BCUT2D eigenvalue weighted by Gasteiger charge is -2.31. The van der Waals surface area contributed by atoms with E-state index < -0.39 is 47.9 Å². The number of likely N-dealkylation sites (tertiary alicyclic amines) is 1. The lowest BCUT2D eigenvalue weighted by Crippen LogP contribution is -2.57. The molecule has 0 aromatic carbocycles. The van der Waals surface area contributed by atoms with E-state index in [0.29, 0.717) is 0 Å². The third kappa shape index (κ3) is 5.33. The molecule has 4 atom stereocenters. The molecule has 1 aliphatic rings. The number of carbonyl (C=O) groups is 3. The molecule has 0 aliphatic carbocycles. The van der Waals surface area contributed by atoms with Crippen LogP contribution in [0.2, 0.25) is 0 Å². The maximum atomic E-state index is 13.6. The van der Waals surface area contributed by atoms with Gasteiger partial charge in [0.15, 0.2) is 0 Å². The van der Waals surface area contributed by atoms with Gasteiger partial charge in [-0.1, -0.05) is 0 Å². The lowest BCUT2D eigenvalue weighted by atomic mass is 10.1. The first-order valence-electron chi connectivity index (χ1n) is 7.72. The highest BCUT2D eigenvalue weighted by Crippen LogP contribution is 2.22. The fourth-order valence-corrected chi connectivity index (χ4v) is 2.43. The quantitative estimate of drug-likeness (QED) is 0.745. The number of alkyl halides is 1. The average molecular weight is 347 g/mol. The van der Waals surface area contributed by atoms with Gasteiger partial charge >= 0.3 is 6.09 Å². The molecule has 1 rings (SSSR count). The van der Waals surface area contributed by atoms with Crippen LogP contribution in [0.4, 0.5) is 9.18 Å². The number of hydrogen-bond donors (Lipinski definition) is 2. The van der Waals surface area contributed by atoms with E-state index in [1.807, 2.05) is 0 Å². The Bertz CT molecular complexity index is 494. The van der Waals surface area contributed by atoms with Gasteiger partial charge in [-0.3, -0.25) is 9.59 Å². The number of alkyl carbamates (subject to hydrolysis) is 1. The summed E-state index contributed by atoms with van der Waals surface area (Å²) in [6, 6.07) is -2.17. The van der Waals surface area contributed by atoms with Crippen molar-refractivity contribution in [3.63, 3.8) is 0 Å². The maximum absolute atomic E-state index is 13.6. The van der Waals surface area contributed by atoms with Crippen LogP contribution in [-0.2, 0) is 19.1 Å². The molecule has 0 spiro atoms. The second kappa shape index (κ2) is 7.78. The summed E-state index contributed by atoms with van der Waals surface area (Å²) in [5, 5.41) is 2.42. The van der Waals surface area contributed by atoms with Crippen LogP contribution in [0.25, 0.3) is 0 Å². The minimum atomic E-state index is -1.34. The first kappa shape index (κ1) is 20.1. The number of halogens is 1. The zero-order valence-corrected chi connectivity index (χ0v) is 14.7. The zero-order chi connectivity index (χ0) is 18.7. The minimum Gasteiger partial charge on any atom is -0.444 e. The number of methoxy groups -OCH3 is 1. The summed E-state index contributed by atoms with van der Waals surface area (Å²) in [4.78, 5) is 37.2. The molecular formula is C15H26FN3O5. The van der Waals surface area contributed by atoms with Gasteiger partial charge in [0.05, 0.1) is 12.6 Å². The topological polar surface area (TPSA) is 111 Å². The molecule has 0 bridgehead atoms. The fraction of sp³-hybridized carbons (Fsp3) is 0.800. The van der Waals surface area contributed by atoms with Gasteiger partial charge in [-0.2, -0.15) is 0 Å². The number of nitrogens with zero attached hydrogens (tertiary/aromatic N) is 1. The Morgan fingerprint density at radius 3 is 2.38 bits per heavy atom. The van der Waals surface area contributed by atoms with Crippen molar-refractivity contribution in [1.29, 1.82) is 0 Å². The van der Waals surface area contributed by atoms with E-state index in [4.69, 9.17) is 15.2 Å². The molecule has 1 fully saturated rings. The molecule has 1 aliphatic heterocycles. The minimum absolute atomic E-state index is 0.151. The highest BCUT2D eigenvalue weighted by atomic mass is 19.1. The van der Waals surface area contributed by atoms with Gasteiger partial charge < -0.3 is 25.4 Å². The number of primary amides is 1. The van der Waals surface area contributed by atoms with Crippen LogP contribution in [0.15, 0.2) is 0 Å². The molecule has 0 aromatic rings. The van der Waals surface area contributed by atoms with E-state index in [-0.39, 0.29) is 13.0 Å². The predicted molar refractivity (Wildman–Crippen MR) is 83.8 cm³/mol. The van der Waals surface area contributed by atoms with Gasteiger partial charge in [-0.25, -0.2) is 9.18 Å². The molecule has 0 aromatic heterocycles. The highest BCUT2D eigenvalue weighted by molar-refractivity contribution is 5.91. The molecular weight excluding hydrogens is 321 g/mol. The van der Waals surface area contributed by atoms with Gasteiger partial charge in [0.25, 0.3) is 0 Å². The SMILES string of the molecule is CO[C@H](C)[C@H](NC(=O)OC(C)(C)C)C(=O)N1C[C@@H](F)C[C@H]1C(N)=O. The summed E-state index contributed by atoms with van der Waals surface area (Å²) >= 11 is 0. The maximum Gasteiger partial charge on any atom is 0.408 e. The molecule has 0 unspecified atom stereocenters. The van der Waals surface area contributed by atoms with Crippen molar-refractivity contribution >= 4 is 17.9 Å². The van der Waals surface area contributed by atoms with Crippen LogP contribution in [0.1, 0.15) is 34.1 Å². The van der Waals surface area contributed by atoms with E-state index in [9.17, 15) is 18.8 Å². The lowest BCUT2D eigenvalue weighted by molar-refractivity contribution is -0.141. The van der Waals surface area contributed by atoms with Crippen molar-refractivity contribution in [1.82, 2.24) is 10.2 Å². The van der Waals surface area contributed by atoms with Crippen molar-refractivity contribution in [2.24, 2.45) is 5.73 Å². The summed E-state index contributed by atoms with van der Waals surface area (Å²) in [7, 11) is 1.37. The summed E-state index contributed by atoms with van der Waals surface area (Å²) in [6.45, 7) is 6.36. The normalized spacial score (nSPS) is 23.5. The summed E-state index contributed by atoms with van der Waals surface area (Å²) < 4.78 is 23.9. The smallest absolute Gasteiger partial charge is 0.408 e. The van der Waals surface area contributed by atoms with Crippen LogP contribution in [0, 0.1) is 0 Å². The Morgan fingerprint density at radius 1 is 1.33 bits per heavy atom. The van der Waals surface area contributed by atoms with Crippen molar-refractivity contribution < 1.29 is 28.2 Å². The van der Waals surface area contributed by atoms with Crippen molar-refractivity contribution in [2.45, 2.75) is 64.1 Å². The summed E-state index contributed by atoms with van der Waals surface area (Å²) in [5.74, 6) is -1.43. The summed E-state index contributed by atoms with van der Waals surface area (Å²) in [6.07, 6.45) is -3.01. The van der Waals surface area contributed by atoms with E-state index in [1.165, 1.54) is 7.11 Å². The van der Waals surface area contributed by atoms with Crippen molar-refractivity contribution in [3.05, 3.63) is 0 Å². The average Bonchev–Trinajstić information content (AvgIpc) is 2.83. The Balaban J connectivity index is 2.93. The van der Waals surface area contributed by atoms with Gasteiger partial charge in [-0.05, 0) is 27.7 Å². The zero-order valence-electron chi connectivity index (χ0n) is 14.7. The first-order valence-corrected chi connectivity index (χ1v) is 7.72. The Kier molecular flexibility index (Phi) is 6.53. The number of nitrogens with two attached hydrogens (primary N) is 1. The molecule has 138 valence electrons. The van der Waals surface area contributed by atoms with E-state index in [1.54, 1.807) is 27.7 Å². The van der Waals surface area contributed by atoms with Crippen molar-refractivity contribution in [2.75, 3.05) is 13.7 Å². The number of carbonyl (C=O) groups excluding carboxylic acids is 3. The Morgan fingerprint density at radius 2 is 1.92 bits per heavy atom. The van der Waals surface area contributed by atoms with Crippen LogP contribution >= 0.6 is 0 Å². The van der Waals surface area contributed by atoms with Crippen LogP contribution in [0.3, 0.4) is 0 Å². The molecule has 3 amide bonds.